The molecule has 0 aliphatic heterocycles. The number of anilines is 1. The van der Waals surface area contributed by atoms with Crippen LogP contribution in [-0.4, -0.2) is 0 Å². The van der Waals surface area contributed by atoms with Gasteiger partial charge in [0.05, 0.1) is 11.3 Å². The molecular weight excluding hydrogens is 231 g/mol. The number of ether oxygens (including phenoxy) is 1. The van der Waals surface area contributed by atoms with E-state index in [1.165, 1.54) is 18.2 Å². The summed E-state index contributed by atoms with van der Waals surface area (Å²) >= 11 is 0. The van der Waals surface area contributed by atoms with Crippen molar-refractivity contribution < 1.29 is 9.13 Å². The molecule has 0 spiro atoms. The predicted molar refractivity (Wildman–Crippen MR) is 66.8 cm³/mol. The van der Waals surface area contributed by atoms with E-state index in [4.69, 9.17) is 15.7 Å². The van der Waals surface area contributed by atoms with Crippen LogP contribution in [0.4, 0.5) is 10.1 Å². The van der Waals surface area contributed by atoms with Crippen LogP contribution in [0.15, 0.2) is 36.4 Å². The van der Waals surface area contributed by atoms with Crippen molar-refractivity contribution in [2.24, 2.45) is 0 Å². The standard InChI is InChI=1S/C14H11FN2O/c1-9-3-2-4-10(8-16)14(9)18-13-7-11(15)5-6-12(13)17/h2-7H,17H2,1H3. The van der Waals surface area contributed by atoms with Gasteiger partial charge in [-0.3, -0.25) is 0 Å². The maximum atomic E-state index is 13.1. The Bertz CT molecular complexity index is 632. The molecule has 0 aliphatic rings. The second-order valence-electron chi connectivity index (χ2n) is 3.85. The highest BCUT2D eigenvalue weighted by Crippen LogP contribution is 2.32. The Hall–Kier alpha value is -2.54. The van der Waals surface area contributed by atoms with E-state index in [1.807, 2.05) is 19.1 Å². The Morgan fingerprint density at radius 2 is 2.06 bits per heavy atom. The number of para-hydroxylation sites is 1. The van der Waals surface area contributed by atoms with E-state index in [9.17, 15) is 4.39 Å². The molecule has 0 aromatic heterocycles. The van der Waals surface area contributed by atoms with Crippen molar-refractivity contribution in [2.75, 3.05) is 5.73 Å². The second kappa shape index (κ2) is 4.76. The van der Waals surface area contributed by atoms with Crippen LogP contribution in [0.1, 0.15) is 11.1 Å². The summed E-state index contributed by atoms with van der Waals surface area (Å²) in [5.41, 5.74) is 7.20. The van der Waals surface area contributed by atoms with Gasteiger partial charge in [0.2, 0.25) is 0 Å². The third-order valence-electron chi connectivity index (χ3n) is 2.52. The molecule has 0 fully saturated rings. The SMILES string of the molecule is Cc1cccc(C#N)c1Oc1cc(F)ccc1N. The third kappa shape index (κ3) is 2.25. The Kier molecular flexibility index (Phi) is 3.16. The Morgan fingerprint density at radius 3 is 2.78 bits per heavy atom. The van der Waals surface area contributed by atoms with Gasteiger partial charge in [-0.25, -0.2) is 4.39 Å². The van der Waals surface area contributed by atoms with Gasteiger partial charge in [-0.1, -0.05) is 12.1 Å². The molecule has 2 N–H and O–H groups in total. The molecule has 2 rings (SSSR count). The number of rotatable bonds is 2. The van der Waals surface area contributed by atoms with Crippen LogP contribution in [0.25, 0.3) is 0 Å². The van der Waals surface area contributed by atoms with E-state index >= 15 is 0 Å². The van der Waals surface area contributed by atoms with Gasteiger partial charge in [0.25, 0.3) is 0 Å². The van der Waals surface area contributed by atoms with Crippen LogP contribution in [0.5, 0.6) is 11.5 Å². The molecule has 0 amide bonds. The number of benzene rings is 2. The number of hydrogen-bond donors (Lipinski definition) is 1. The summed E-state index contributed by atoms with van der Waals surface area (Å²) in [5, 5.41) is 9.01. The first-order valence-corrected chi connectivity index (χ1v) is 5.34. The molecule has 0 saturated carbocycles. The van der Waals surface area contributed by atoms with E-state index in [0.29, 0.717) is 17.0 Å². The van der Waals surface area contributed by atoms with Gasteiger partial charge in [-0.05, 0) is 30.7 Å². The van der Waals surface area contributed by atoms with Crippen molar-refractivity contribution in [2.45, 2.75) is 6.92 Å². The van der Waals surface area contributed by atoms with Crippen LogP contribution in [0.2, 0.25) is 0 Å². The molecule has 90 valence electrons. The molecule has 0 bridgehead atoms. The Labute approximate surface area is 104 Å². The second-order valence-corrected chi connectivity index (χ2v) is 3.85. The van der Waals surface area contributed by atoms with Crippen LogP contribution in [0.3, 0.4) is 0 Å². The predicted octanol–water partition coefficient (Wildman–Crippen LogP) is 3.38. The summed E-state index contributed by atoms with van der Waals surface area (Å²) in [7, 11) is 0. The largest absolute Gasteiger partial charge is 0.453 e. The van der Waals surface area contributed by atoms with Gasteiger partial charge < -0.3 is 10.5 Å². The number of nitrogens with zero attached hydrogens (tertiary/aromatic N) is 1. The van der Waals surface area contributed by atoms with Crippen LogP contribution in [-0.2, 0) is 0 Å². The molecule has 2 aromatic rings. The highest BCUT2D eigenvalue weighted by Gasteiger charge is 2.10. The van der Waals surface area contributed by atoms with Crippen molar-refractivity contribution in [1.82, 2.24) is 0 Å². The van der Waals surface area contributed by atoms with Crippen molar-refractivity contribution >= 4 is 5.69 Å². The van der Waals surface area contributed by atoms with Crippen molar-refractivity contribution in [3.05, 3.63) is 53.3 Å². The van der Waals surface area contributed by atoms with Gasteiger partial charge in [0, 0.05) is 6.07 Å². The molecule has 2 aromatic carbocycles. The lowest BCUT2D eigenvalue weighted by molar-refractivity contribution is 0.474. The third-order valence-corrected chi connectivity index (χ3v) is 2.52. The fourth-order valence-electron chi connectivity index (χ4n) is 1.58. The molecule has 0 atom stereocenters. The summed E-state index contributed by atoms with van der Waals surface area (Å²) in [6.45, 7) is 1.81. The molecule has 0 saturated heterocycles. The molecule has 0 aliphatic carbocycles. The molecular formula is C14H11FN2O. The smallest absolute Gasteiger partial charge is 0.153 e. The summed E-state index contributed by atoms with van der Waals surface area (Å²) in [5.74, 6) is 0.171. The summed E-state index contributed by atoms with van der Waals surface area (Å²) < 4.78 is 18.7. The summed E-state index contributed by atoms with van der Waals surface area (Å²) in [6.07, 6.45) is 0. The monoisotopic (exact) mass is 242 g/mol. The molecule has 3 nitrogen and oxygen atoms in total. The van der Waals surface area contributed by atoms with Gasteiger partial charge in [0.1, 0.15) is 17.6 Å². The number of halogens is 1. The van der Waals surface area contributed by atoms with Crippen LogP contribution in [0, 0.1) is 24.1 Å². The number of nitriles is 1. The minimum Gasteiger partial charge on any atom is -0.453 e. The molecule has 0 heterocycles. The van der Waals surface area contributed by atoms with E-state index in [0.717, 1.165) is 5.56 Å². The van der Waals surface area contributed by atoms with E-state index in [-0.39, 0.29) is 5.75 Å². The lowest BCUT2D eigenvalue weighted by atomic mass is 10.1. The van der Waals surface area contributed by atoms with Gasteiger partial charge >= 0.3 is 0 Å². The average Bonchev–Trinajstić information content (AvgIpc) is 2.36. The zero-order valence-corrected chi connectivity index (χ0v) is 9.77. The number of nitrogen functional groups attached to an aromatic ring is 1. The van der Waals surface area contributed by atoms with Crippen molar-refractivity contribution in [1.29, 1.82) is 5.26 Å². The topological polar surface area (TPSA) is 59.0 Å². The quantitative estimate of drug-likeness (QED) is 0.821. The maximum Gasteiger partial charge on any atom is 0.153 e. The van der Waals surface area contributed by atoms with E-state index in [2.05, 4.69) is 0 Å². The lowest BCUT2D eigenvalue weighted by Gasteiger charge is -2.12. The van der Waals surface area contributed by atoms with E-state index < -0.39 is 5.82 Å². The fraction of sp³-hybridized carbons (Fsp3) is 0.0714. The van der Waals surface area contributed by atoms with Gasteiger partial charge in [0.15, 0.2) is 5.75 Å². The first kappa shape index (κ1) is 11.9. The maximum absolute atomic E-state index is 13.1. The Morgan fingerprint density at radius 1 is 1.28 bits per heavy atom. The first-order valence-electron chi connectivity index (χ1n) is 5.34. The Balaban J connectivity index is 2.46. The normalized spacial score (nSPS) is 9.83. The lowest BCUT2D eigenvalue weighted by Crippen LogP contribution is -1.96. The molecule has 0 radical (unpaired) electrons. The summed E-state index contributed by atoms with van der Waals surface area (Å²) in [4.78, 5) is 0. The van der Waals surface area contributed by atoms with E-state index in [1.54, 1.807) is 12.1 Å². The van der Waals surface area contributed by atoms with Crippen molar-refractivity contribution in [3.8, 4) is 17.6 Å². The van der Waals surface area contributed by atoms with Crippen LogP contribution < -0.4 is 10.5 Å². The van der Waals surface area contributed by atoms with Crippen molar-refractivity contribution in [3.63, 3.8) is 0 Å². The number of aryl methyl sites for hydroxylation is 1. The molecule has 4 heteroatoms. The minimum absolute atomic E-state index is 0.209. The molecule has 18 heavy (non-hydrogen) atoms. The zero-order valence-electron chi connectivity index (χ0n) is 9.77. The van der Waals surface area contributed by atoms with Gasteiger partial charge in [-0.15, -0.1) is 0 Å². The minimum atomic E-state index is -0.439. The molecule has 0 unspecified atom stereocenters. The number of hydrogen-bond acceptors (Lipinski definition) is 3. The van der Waals surface area contributed by atoms with Crippen LogP contribution >= 0.6 is 0 Å². The fourth-order valence-corrected chi connectivity index (χ4v) is 1.58. The zero-order chi connectivity index (χ0) is 13.1. The highest BCUT2D eigenvalue weighted by molar-refractivity contribution is 5.57. The first-order chi connectivity index (χ1) is 8.61. The van der Waals surface area contributed by atoms with Gasteiger partial charge in [-0.2, -0.15) is 5.26 Å². The average molecular weight is 242 g/mol. The highest BCUT2D eigenvalue weighted by atomic mass is 19.1. The summed E-state index contributed by atoms with van der Waals surface area (Å²) in [6, 6.07) is 11.1. The number of nitrogens with two attached hydrogens (primary N) is 1.